The number of carbonyl (C=O) groups is 2. The van der Waals surface area contributed by atoms with Crippen molar-refractivity contribution in [3.05, 3.63) is 23.8 Å². The topological polar surface area (TPSA) is 119 Å². The number of methoxy groups -OCH3 is 1. The number of hydrogen-bond acceptors (Lipinski definition) is 7. The standard InChI is InChI=1S/C11H13N5O4/c1-6-3-4-12-11-14-8(15-16(6)11)9(18)13-5-7(17)10(19)20-2/h3-4,7,17H,5H2,1-2H3,(H,13,18). The molecule has 0 saturated carbocycles. The van der Waals surface area contributed by atoms with Crippen molar-refractivity contribution < 1.29 is 19.4 Å². The Hall–Kier alpha value is -2.55. The van der Waals surface area contributed by atoms with E-state index in [0.717, 1.165) is 12.8 Å². The van der Waals surface area contributed by atoms with Crippen LogP contribution in [-0.2, 0) is 9.53 Å². The van der Waals surface area contributed by atoms with E-state index in [-0.39, 0.29) is 12.4 Å². The Balaban J connectivity index is 2.08. The van der Waals surface area contributed by atoms with Crippen molar-refractivity contribution in [1.82, 2.24) is 24.9 Å². The molecule has 0 bridgehead atoms. The first-order valence-corrected chi connectivity index (χ1v) is 5.75. The third-order valence-electron chi connectivity index (χ3n) is 2.56. The molecule has 0 aliphatic heterocycles. The van der Waals surface area contributed by atoms with Gasteiger partial charge in [-0.05, 0) is 13.0 Å². The Morgan fingerprint density at radius 1 is 1.55 bits per heavy atom. The van der Waals surface area contributed by atoms with E-state index in [1.54, 1.807) is 19.2 Å². The molecule has 0 saturated heterocycles. The largest absolute Gasteiger partial charge is 0.467 e. The number of aliphatic hydroxyl groups is 1. The van der Waals surface area contributed by atoms with Crippen LogP contribution in [0.3, 0.4) is 0 Å². The van der Waals surface area contributed by atoms with Crippen molar-refractivity contribution >= 4 is 17.7 Å². The van der Waals surface area contributed by atoms with Gasteiger partial charge in [0.1, 0.15) is 0 Å². The Bertz CT molecular complexity index is 653. The van der Waals surface area contributed by atoms with Crippen molar-refractivity contribution in [3.63, 3.8) is 0 Å². The number of amides is 1. The Kier molecular flexibility index (Phi) is 3.89. The van der Waals surface area contributed by atoms with Gasteiger partial charge < -0.3 is 15.2 Å². The molecule has 2 N–H and O–H groups in total. The van der Waals surface area contributed by atoms with E-state index in [4.69, 9.17) is 0 Å². The molecule has 2 heterocycles. The van der Waals surface area contributed by atoms with Crippen molar-refractivity contribution in [3.8, 4) is 0 Å². The summed E-state index contributed by atoms with van der Waals surface area (Å²) in [5, 5.41) is 15.7. The number of aliphatic hydroxyl groups excluding tert-OH is 1. The third kappa shape index (κ3) is 2.72. The normalized spacial score (nSPS) is 12.2. The van der Waals surface area contributed by atoms with Crippen LogP contribution >= 0.6 is 0 Å². The Morgan fingerprint density at radius 3 is 2.95 bits per heavy atom. The molecule has 0 fully saturated rings. The van der Waals surface area contributed by atoms with Gasteiger partial charge in [0.05, 0.1) is 13.7 Å². The molecule has 9 nitrogen and oxygen atoms in total. The monoisotopic (exact) mass is 279 g/mol. The van der Waals surface area contributed by atoms with Crippen molar-refractivity contribution in [1.29, 1.82) is 0 Å². The van der Waals surface area contributed by atoms with E-state index in [9.17, 15) is 14.7 Å². The SMILES string of the molecule is COC(=O)C(O)CNC(=O)c1nc2nccc(C)n2n1. The number of nitrogens with one attached hydrogen (secondary N) is 1. The summed E-state index contributed by atoms with van der Waals surface area (Å²) in [7, 11) is 1.14. The zero-order valence-corrected chi connectivity index (χ0v) is 10.9. The van der Waals surface area contributed by atoms with Gasteiger partial charge >= 0.3 is 5.97 Å². The van der Waals surface area contributed by atoms with Gasteiger partial charge in [-0.3, -0.25) is 4.79 Å². The number of aryl methyl sites for hydroxylation is 1. The minimum Gasteiger partial charge on any atom is -0.467 e. The number of fused-ring (bicyclic) bond motifs is 1. The summed E-state index contributed by atoms with van der Waals surface area (Å²) in [5.74, 6) is -1.24. The van der Waals surface area contributed by atoms with Gasteiger partial charge in [-0.15, -0.1) is 5.10 Å². The van der Waals surface area contributed by atoms with E-state index in [1.165, 1.54) is 4.52 Å². The number of carbonyl (C=O) groups excluding carboxylic acids is 2. The molecular weight excluding hydrogens is 266 g/mol. The molecule has 106 valence electrons. The van der Waals surface area contributed by atoms with E-state index in [0.29, 0.717) is 5.78 Å². The molecule has 0 aliphatic rings. The molecule has 1 atom stereocenters. The third-order valence-corrected chi connectivity index (χ3v) is 2.56. The lowest BCUT2D eigenvalue weighted by molar-refractivity contribution is -0.149. The van der Waals surface area contributed by atoms with Crippen LogP contribution in [0.4, 0.5) is 0 Å². The highest BCUT2D eigenvalue weighted by Crippen LogP contribution is 2.01. The quantitative estimate of drug-likeness (QED) is 0.667. The first-order valence-electron chi connectivity index (χ1n) is 5.75. The molecule has 0 aromatic carbocycles. The maximum absolute atomic E-state index is 11.8. The number of rotatable bonds is 4. The van der Waals surface area contributed by atoms with Crippen LogP contribution in [0.1, 0.15) is 16.3 Å². The number of hydrogen-bond donors (Lipinski definition) is 2. The fraction of sp³-hybridized carbons (Fsp3) is 0.364. The maximum atomic E-state index is 11.8. The second-order valence-electron chi connectivity index (χ2n) is 3.98. The molecule has 1 unspecified atom stereocenters. The highest BCUT2D eigenvalue weighted by Gasteiger charge is 2.19. The second kappa shape index (κ2) is 5.61. The lowest BCUT2D eigenvalue weighted by Gasteiger charge is -2.07. The fourth-order valence-electron chi connectivity index (χ4n) is 1.49. The number of ether oxygens (including phenoxy) is 1. The molecule has 2 rings (SSSR count). The lowest BCUT2D eigenvalue weighted by Crippen LogP contribution is -2.37. The lowest BCUT2D eigenvalue weighted by atomic mass is 10.3. The van der Waals surface area contributed by atoms with Crippen LogP contribution in [0.15, 0.2) is 12.3 Å². The smallest absolute Gasteiger partial charge is 0.336 e. The zero-order valence-electron chi connectivity index (χ0n) is 10.9. The van der Waals surface area contributed by atoms with E-state index in [2.05, 4.69) is 25.1 Å². The molecule has 0 spiro atoms. The maximum Gasteiger partial charge on any atom is 0.336 e. The molecule has 2 aromatic heterocycles. The first-order chi connectivity index (χ1) is 9.52. The van der Waals surface area contributed by atoms with Crippen LogP contribution in [0.25, 0.3) is 5.78 Å². The Labute approximate surface area is 113 Å². The number of aromatic nitrogens is 4. The highest BCUT2D eigenvalue weighted by molar-refractivity contribution is 5.91. The molecule has 20 heavy (non-hydrogen) atoms. The minimum atomic E-state index is -1.43. The predicted octanol–water partition coefficient (Wildman–Crippen LogP) is -1.30. The predicted molar refractivity (Wildman–Crippen MR) is 65.9 cm³/mol. The number of esters is 1. The average molecular weight is 279 g/mol. The fourth-order valence-corrected chi connectivity index (χ4v) is 1.49. The summed E-state index contributed by atoms with van der Waals surface area (Å²) < 4.78 is 5.75. The molecular formula is C11H13N5O4. The number of nitrogens with zero attached hydrogens (tertiary/aromatic N) is 4. The molecule has 0 aliphatic carbocycles. The van der Waals surface area contributed by atoms with Crippen LogP contribution in [0, 0.1) is 6.92 Å². The molecule has 2 aromatic rings. The molecule has 0 radical (unpaired) electrons. The van der Waals surface area contributed by atoms with Gasteiger partial charge in [-0.2, -0.15) is 4.98 Å². The van der Waals surface area contributed by atoms with Crippen LogP contribution in [0.5, 0.6) is 0 Å². The van der Waals surface area contributed by atoms with Crippen LogP contribution in [-0.4, -0.2) is 56.3 Å². The first kappa shape index (κ1) is 13.9. The summed E-state index contributed by atoms with van der Waals surface area (Å²) in [4.78, 5) is 30.7. The van der Waals surface area contributed by atoms with Crippen molar-refractivity contribution in [2.45, 2.75) is 13.0 Å². The van der Waals surface area contributed by atoms with E-state index < -0.39 is 18.0 Å². The van der Waals surface area contributed by atoms with Gasteiger partial charge in [-0.25, -0.2) is 14.3 Å². The zero-order chi connectivity index (χ0) is 14.7. The van der Waals surface area contributed by atoms with Gasteiger partial charge in [0.2, 0.25) is 5.82 Å². The summed E-state index contributed by atoms with van der Waals surface area (Å²) in [6.07, 6.45) is 0.128. The summed E-state index contributed by atoms with van der Waals surface area (Å²) in [6, 6.07) is 1.73. The van der Waals surface area contributed by atoms with Crippen LogP contribution in [0.2, 0.25) is 0 Å². The highest BCUT2D eigenvalue weighted by atomic mass is 16.5. The Morgan fingerprint density at radius 2 is 2.30 bits per heavy atom. The minimum absolute atomic E-state index is 0.0936. The average Bonchev–Trinajstić information content (AvgIpc) is 2.89. The van der Waals surface area contributed by atoms with E-state index >= 15 is 0 Å². The molecule has 1 amide bonds. The van der Waals surface area contributed by atoms with Gasteiger partial charge in [0.25, 0.3) is 11.7 Å². The summed E-state index contributed by atoms with van der Waals surface area (Å²) in [6.45, 7) is 1.51. The summed E-state index contributed by atoms with van der Waals surface area (Å²) >= 11 is 0. The van der Waals surface area contributed by atoms with Crippen LogP contribution < -0.4 is 5.32 Å². The second-order valence-corrected chi connectivity index (χ2v) is 3.98. The van der Waals surface area contributed by atoms with Crippen molar-refractivity contribution in [2.75, 3.05) is 13.7 Å². The van der Waals surface area contributed by atoms with Gasteiger partial charge in [-0.1, -0.05) is 0 Å². The van der Waals surface area contributed by atoms with Gasteiger partial charge in [0.15, 0.2) is 6.10 Å². The van der Waals surface area contributed by atoms with E-state index in [1.807, 2.05) is 0 Å². The van der Waals surface area contributed by atoms with Gasteiger partial charge in [0, 0.05) is 11.9 Å². The van der Waals surface area contributed by atoms with Crippen molar-refractivity contribution in [2.24, 2.45) is 0 Å². The molecule has 9 heteroatoms. The summed E-state index contributed by atoms with van der Waals surface area (Å²) in [5.41, 5.74) is 0.774.